The van der Waals surface area contributed by atoms with Crippen LogP contribution in [0.5, 0.6) is 0 Å². The van der Waals surface area contributed by atoms with Crippen molar-refractivity contribution in [3.63, 3.8) is 0 Å². The highest BCUT2D eigenvalue weighted by Crippen LogP contribution is 2.17. The van der Waals surface area contributed by atoms with Crippen molar-refractivity contribution in [3.8, 4) is 0 Å². The van der Waals surface area contributed by atoms with Gasteiger partial charge < -0.3 is 0 Å². The van der Waals surface area contributed by atoms with E-state index in [-0.39, 0.29) is 5.78 Å². The number of halogens is 2. The van der Waals surface area contributed by atoms with Gasteiger partial charge >= 0.3 is 0 Å². The number of rotatable bonds is 2. The predicted octanol–water partition coefficient (Wildman–Crippen LogP) is 2.41. The van der Waals surface area contributed by atoms with Crippen molar-refractivity contribution in [2.24, 2.45) is 7.05 Å². The largest absolute Gasteiger partial charge is 0.287 e. The molecule has 0 aliphatic rings. The Labute approximate surface area is 114 Å². The Balaban J connectivity index is 2.43. The van der Waals surface area contributed by atoms with Gasteiger partial charge in [0.05, 0.1) is 0 Å². The average Bonchev–Trinajstić information content (AvgIpc) is 2.59. The molecule has 1 aromatic carbocycles. The van der Waals surface area contributed by atoms with E-state index >= 15 is 0 Å². The maximum atomic E-state index is 12.1. The summed E-state index contributed by atoms with van der Waals surface area (Å²) in [5.41, 5.74) is 1.09. The van der Waals surface area contributed by atoms with Crippen LogP contribution in [0.15, 0.2) is 28.9 Å². The normalized spacial score (nSPS) is 10.4. The summed E-state index contributed by atoms with van der Waals surface area (Å²) in [4.78, 5) is 12.1. The lowest BCUT2D eigenvalue weighted by Crippen LogP contribution is -2.08. The first kappa shape index (κ1) is 11.7. The van der Waals surface area contributed by atoms with E-state index in [0.717, 1.165) is 3.57 Å². The summed E-state index contributed by atoms with van der Waals surface area (Å²) in [7, 11) is 1.69. The lowest BCUT2D eigenvalue weighted by atomic mass is 10.1. The van der Waals surface area contributed by atoms with Crippen LogP contribution in [0.3, 0.4) is 0 Å². The highest BCUT2D eigenvalue weighted by atomic mass is 127. The number of ketones is 1. The quantitative estimate of drug-likeness (QED) is 0.583. The number of aromatic nitrogens is 3. The third kappa shape index (κ3) is 2.17. The molecule has 0 spiro atoms. The summed E-state index contributed by atoms with van der Waals surface area (Å²) >= 11 is 5.41. The standard InChI is InChI=1S/C10H7BrIN3O/c1-15-8(10(11)13-14-15)9(16)6-2-4-7(12)5-3-6/h2-5H,1H3. The molecule has 1 aromatic heterocycles. The maximum Gasteiger partial charge on any atom is 0.213 e. The zero-order valence-electron chi connectivity index (χ0n) is 8.32. The Morgan fingerprint density at radius 1 is 1.38 bits per heavy atom. The fourth-order valence-corrected chi connectivity index (χ4v) is 2.18. The Hall–Kier alpha value is -0.760. The molecule has 0 fully saturated rings. The molecule has 2 aromatic rings. The summed E-state index contributed by atoms with van der Waals surface area (Å²) in [6.07, 6.45) is 0. The minimum absolute atomic E-state index is 0.0872. The molecule has 2 rings (SSSR count). The third-order valence-electron chi connectivity index (χ3n) is 2.11. The zero-order valence-corrected chi connectivity index (χ0v) is 12.1. The van der Waals surface area contributed by atoms with Crippen molar-refractivity contribution in [3.05, 3.63) is 43.7 Å². The van der Waals surface area contributed by atoms with Gasteiger partial charge in [0.15, 0.2) is 4.60 Å². The van der Waals surface area contributed by atoms with Crippen molar-refractivity contribution >= 4 is 44.3 Å². The van der Waals surface area contributed by atoms with Crippen molar-refractivity contribution in [1.29, 1.82) is 0 Å². The highest BCUT2D eigenvalue weighted by Gasteiger charge is 2.18. The van der Waals surface area contributed by atoms with Crippen LogP contribution in [-0.4, -0.2) is 20.8 Å². The van der Waals surface area contributed by atoms with Crippen LogP contribution >= 0.6 is 38.5 Å². The lowest BCUT2D eigenvalue weighted by molar-refractivity contribution is 0.102. The summed E-state index contributed by atoms with van der Waals surface area (Å²) in [6, 6.07) is 7.38. The highest BCUT2D eigenvalue weighted by molar-refractivity contribution is 14.1. The van der Waals surface area contributed by atoms with Gasteiger partial charge in [-0.2, -0.15) is 0 Å². The molecule has 0 saturated carbocycles. The fraction of sp³-hybridized carbons (Fsp3) is 0.100. The van der Waals surface area contributed by atoms with Gasteiger partial charge in [0.1, 0.15) is 5.69 Å². The number of carbonyl (C=O) groups excluding carboxylic acids is 1. The van der Waals surface area contributed by atoms with E-state index in [9.17, 15) is 4.79 Å². The first-order valence-corrected chi connectivity index (χ1v) is 6.32. The summed E-state index contributed by atoms with van der Waals surface area (Å²) in [6.45, 7) is 0. The molecule has 82 valence electrons. The predicted molar refractivity (Wildman–Crippen MR) is 71.3 cm³/mol. The second-order valence-corrected chi connectivity index (χ2v) is 5.19. The first-order valence-electron chi connectivity index (χ1n) is 4.45. The van der Waals surface area contributed by atoms with Gasteiger partial charge in [-0.15, -0.1) is 5.10 Å². The minimum Gasteiger partial charge on any atom is -0.287 e. The van der Waals surface area contributed by atoms with Gasteiger partial charge in [0.2, 0.25) is 5.78 Å². The number of hydrogen-bond donors (Lipinski definition) is 0. The number of nitrogens with zero attached hydrogens (tertiary/aromatic N) is 3. The van der Waals surface area contributed by atoms with Gasteiger partial charge in [-0.1, -0.05) is 5.21 Å². The maximum absolute atomic E-state index is 12.1. The van der Waals surface area contributed by atoms with Crippen LogP contribution in [0.25, 0.3) is 0 Å². The number of hydrogen-bond acceptors (Lipinski definition) is 3. The van der Waals surface area contributed by atoms with Crippen LogP contribution in [0.2, 0.25) is 0 Å². The smallest absolute Gasteiger partial charge is 0.213 e. The molecule has 0 aliphatic heterocycles. The molecule has 6 heteroatoms. The second-order valence-electron chi connectivity index (χ2n) is 3.19. The molecular formula is C10H7BrIN3O. The van der Waals surface area contributed by atoms with Crippen LogP contribution < -0.4 is 0 Å². The average molecular weight is 392 g/mol. The van der Waals surface area contributed by atoms with Gasteiger partial charge in [-0.25, -0.2) is 4.68 Å². The molecule has 1 heterocycles. The molecule has 0 atom stereocenters. The molecule has 0 radical (unpaired) electrons. The first-order chi connectivity index (χ1) is 7.59. The van der Waals surface area contributed by atoms with Crippen LogP contribution in [0.1, 0.15) is 16.1 Å². The van der Waals surface area contributed by atoms with E-state index in [1.165, 1.54) is 4.68 Å². The van der Waals surface area contributed by atoms with Gasteiger partial charge in [-0.05, 0) is 62.8 Å². The summed E-state index contributed by atoms with van der Waals surface area (Å²) in [5.74, 6) is -0.0872. The Kier molecular flexibility index (Phi) is 3.38. The van der Waals surface area contributed by atoms with E-state index in [2.05, 4.69) is 48.8 Å². The Morgan fingerprint density at radius 3 is 2.50 bits per heavy atom. The van der Waals surface area contributed by atoms with Crippen molar-refractivity contribution < 1.29 is 4.79 Å². The van der Waals surface area contributed by atoms with E-state index in [1.54, 1.807) is 19.2 Å². The van der Waals surface area contributed by atoms with Gasteiger partial charge in [0.25, 0.3) is 0 Å². The Morgan fingerprint density at radius 2 is 2.00 bits per heavy atom. The monoisotopic (exact) mass is 391 g/mol. The summed E-state index contributed by atoms with van der Waals surface area (Å²) < 4.78 is 3.03. The van der Waals surface area contributed by atoms with Gasteiger partial charge in [-0.3, -0.25) is 4.79 Å². The van der Waals surface area contributed by atoms with E-state index < -0.39 is 0 Å². The van der Waals surface area contributed by atoms with Gasteiger partial charge in [0, 0.05) is 16.2 Å². The third-order valence-corrected chi connectivity index (χ3v) is 3.36. The number of benzene rings is 1. The molecule has 4 nitrogen and oxygen atoms in total. The van der Waals surface area contributed by atoms with E-state index in [1.807, 2.05) is 12.1 Å². The molecule has 0 unspecified atom stereocenters. The number of carbonyl (C=O) groups is 1. The molecular weight excluding hydrogens is 385 g/mol. The zero-order chi connectivity index (χ0) is 11.7. The fourth-order valence-electron chi connectivity index (χ4n) is 1.31. The molecule has 0 N–H and O–H groups in total. The molecule has 0 aliphatic carbocycles. The Bertz CT molecular complexity index is 516. The minimum atomic E-state index is -0.0872. The van der Waals surface area contributed by atoms with Crippen LogP contribution in [0.4, 0.5) is 0 Å². The molecule has 0 bridgehead atoms. The number of aryl methyl sites for hydroxylation is 1. The van der Waals surface area contributed by atoms with E-state index in [0.29, 0.717) is 15.9 Å². The molecule has 0 saturated heterocycles. The van der Waals surface area contributed by atoms with Crippen molar-refractivity contribution in [2.75, 3.05) is 0 Å². The lowest BCUT2D eigenvalue weighted by Gasteiger charge is -2.01. The van der Waals surface area contributed by atoms with Crippen molar-refractivity contribution in [1.82, 2.24) is 15.0 Å². The second kappa shape index (κ2) is 4.62. The van der Waals surface area contributed by atoms with Crippen LogP contribution in [0, 0.1) is 3.57 Å². The van der Waals surface area contributed by atoms with E-state index in [4.69, 9.17) is 0 Å². The SMILES string of the molecule is Cn1nnc(Br)c1C(=O)c1ccc(I)cc1. The van der Waals surface area contributed by atoms with Crippen LogP contribution in [-0.2, 0) is 7.05 Å². The topological polar surface area (TPSA) is 47.8 Å². The molecule has 16 heavy (non-hydrogen) atoms. The summed E-state index contributed by atoms with van der Waals surface area (Å²) in [5, 5.41) is 7.57. The molecule has 0 amide bonds. The van der Waals surface area contributed by atoms with Crippen molar-refractivity contribution in [2.45, 2.75) is 0 Å².